The van der Waals surface area contributed by atoms with Crippen LogP contribution in [0.3, 0.4) is 0 Å². The fraction of sp³-hybridized carbons (Fsp3) is 0.268. The summed E-state index contributed by atoms with van der Waals surface area (Å²) in [5.74, 6) is -6.54. The van der Waals surface area contributed by atoms with E-state index >= 15 is 9.59 Å². The molecule has 4 N–H and O–H groups in total. The maximum Gasteiger partial charge on any atom is 0.488 e. The molecule has 6 unspecified atom stereocenters. The number of carbonyl (C=O) groups is 4. The van der Waals surface area contributed by atoms with Gasteiger partial charge in [-0.15, -0.1) is 0 Å². The molecule has 8 rings (SSSR count). The SMILES string of the molecule is COc1ccc(C23C(=O)N(Nc4ccc(Cl)cc4Cl)C(=O)C2CC2C(=CCC4C(=O)N(c5cccc(B(O)O)c5)C(=O)C42)C3c2c(O)cc(OC)cc2OC)cc1. The highest BCUT2D eigenvalue weighted by atomic mass is 35.5. The maximum atomic E-state index is 15.6. The van der Waals surface area contributed by atoms with E-state index < -0.39 is 65.8 Å². The predicted molar refractivity (Wildman–Crippen MR) is 211 cm³/mol. The standard InChI is InChI=1S/C41H36BCl2N3O10/c1-55-24-10-7-20(8-11-24)41-29(38(50)47(40(41)52)45-31-14-9-22(43)16-30(31)44)19-28-26(36(41)35-32(48)17-25(56-2)18-33(35)57-3)12-13-27-34(28)39(51)46(37(27)49)23-6-4-5-21(15-23)42(53)54/h4-12,14-18,27-29,34,36,45,48,53-54H,13,19H2,1-3H3. The van der Waals surface area contributed by atoms with Crippen molar-refractivity contribution in [3.8, 4) is 23.0 Å². The van der Waals surface area contributed by atoms with Crippen LogP contribution in [0.25, 0.3) is 0 Å². The van der Waals surface area contributed by atoms with Crippen molar-refractivity contribution < 1.29 is 48.5 Å². The van der Waals surface area contributed by atoms with Crippen LogP contribution in [0.2, 0.25) is 10.0 Å². The average Bonchev–Trinajstić information content (AvgIpc) is 3.59. The number of phenols is 1. The summed E-state index contributed by atoms with van der Waals surface area (Å²) in [6.07, 6.45) is 1.91. The van der Waals surface area contributed by atoms with Crippen molar-refractivity contribution in [2.24, 2.45) is 23.7 Å². The smallest absolute Gasteiger partial charge is 0.488 e. The van der Waals surface area contributed by atoms with Gasteiger partial charge in [-0.2, -0.15) is 5.01 Å². The molecular weight excluding hydrogens is 776 g/mol. The van der Waals surface area contributed by atoms with Crippen molar-refractivity contribution >= 4 is 70.8 Å². The van der Waals surface area contributed by atoms with Crippen molar-refractivity contribution in [2.45, 2.75) is 24.2 Å². The maximum absolute atomic E-state index is 15.6. The van der Waals surface area contributed by atoms with Gasteiger partial charge in [0, 0.05) is 28.6 Å². The molecule has 0 aromatic heterocycles. The number of nitrogens with one attached hydrogen (secondary N) is 1. The second-order valence-electron chi connectivity index (χ2n) is 14.5. The van der Waals surface area contributed by atoms with Gasteiger partial charge in [0.1, 0.15) is 23.0 Å². The monoisotopic (exact) mass is 811 g/mol. The Morgan fingerprint density at radius 2 is 1.56 bits per heavy atom. The number of phenolic OH excluding ortho intramolecular Hbond substituents is 1. The second kappa shape index (κ2) is 14.4. The number of amides is 4. The molecule has 3 fully saturated rings. The van der Waals surface area contributed by atoms with Crippen molar-refractivity contribution in [3.63, 3.8) is 0 Å². The van der Waals surface area contributed by atoms with Crippen LogP contribution >= 0.6 is 23.2 Å². The number of anilines is 2. The lowest BCUT2D eigenvalue weighted by atomic mass is 9.49. The lowest BCUT2D eigenvalue weighted by molar-refractivity contribution is -0.138. The molecule has 4 aromatic rings. The largest absolute Gasteiger partial charge is 0.507 e. The highest BCUT2D eigenvalue weighted by Gasteiger charge is 2.71. The van der Waals surface area contributed by atoms with E-state index in [1.54, 1.807) is 36.4 Å². The number of allylic oxidation sites excluding steroid dienone is 2. The number of methoxy groups -OCH3 is 3. The Balaban J connectivity index is 1.36. The van der Waals surface area contributed by atoms with Crippen LogP contribution in [0.5, 0.6) is 23.0 Å². The molecule has 4 aromatic carbocycles. The van der Waals surface area contributed by atoms with Crippen LogP contribution in [0.1, 0.15) is 29.9 Å². The molecule has 2 saturated heterocycles. The Hall–Kier alpha value is -5.54. The van der Waals surface area contributed by atoms with Gasteiger partial charge in [0.15, 0.2) is 0 Å². The van der Waals surface area contributed by atoms with E-state index in [4.69, 9.17) is 37.4 Å². The number of hydrazine groups is 1. The van der Waals surface area contributed by atoms with E-state index in [9.17, 15) is 24.7 Å². The average molecular weight is 812 g/mol. The minimum Gasteiger partial charge on any atom is -0.507 e. The first-order chi connectivity index (χ1) is 27.3. The number of aromatic hydroxyl groups is 1. The van der Waals surface area contributed by atoms with Crippen LogP contribution < -0.4 is 30.0 Å². The lowest BCUT2D eigenvalue weighted by Crippen LogP contribution is -2.53. The summed E-state index contributed by atoms with van der Waals surface area (Å²) >= 11 is 12.7. The summed E-state index contributed by atoms with van der Waals surface area (Å²) in [7, 11) is 2.51. The summed E-state index contributed by atoms with van der Waals surface area (Å²) in [5.41, 5.74) is 2.85. The van der Waals surface area contributed by atoms with Crippen molar-refractivity contribution in [1.82, 2.24) is 5.01 Å². The molecule has 0 radical (unpaired) electrons. The molecule has 0 spiro atoms. The molecular formula is C41H36BCl2N3O10. The Morgan fingerprint density at radius 1 is 0.825 bits per heavy atom. The summed E-state index contributed by atoms with van der Waals surface area (Å²) < 4.78 is 16.8. The third-order valence-electron chi connectivity index (χ3n) is 11.8. The Labute approximate surface area is 337 Å². The predicted octanol–water partition coefficient (Wildman–Crippen LogP) is 4.59. The number of nitrogens with zero attached hydrogens (tertiary/aromatic N) is 2. The molecule has 4 amide bonds. The van der Waals surface area contributed by atoms with E-state index in [0.29, 0.717) is 21.9 Å². The molecule has 2 aliphatic heterocycles. The van der Waals surface area contributed by atoms with Gasteiger partial charge in [-0.3, -0.25) is 29.5 Å². The first-order valence-corrected chi connectivity index (χ1v) is 18.8. The zero-order valence-corrected chi connectivity index (χ0v) is 32.3. The first kappa shape index (κ1) is 38.3. The van der Waals surface area contributed by atoms with E-state index in [1.807, 2.05) is 6.08 Å². The highest BCUT2D eigenvalue weighted by molar-refractivity contribution is 6.58. The van der Waals surface area contributed by atoms with Crippen LogP contribution in [-0.2, 0) is 24.6 Å². The quantitative estimate of drug-likeness (QED) is 0.106. The Bertz CT molecular complexity index is 2380. The summed E-state index contributed by atoms with van der Waals surface area (Å²) in [6, 6.07) is 20.2. The zero-order chi connectivity index (χ0) is 40.5. The molecule has 0 bridgehead atoms. The second-order valence-corrected chi connectivity index (χ2v) is 15.3. The van der Waals surface area contributed by atoms with Crippen LogP contribution in [0.15, 0.2) is 90.5 Å². The number of fused-ring (bicyclic) bond motifs is 4. The molecule has 16 heteroatoms. The van der Waals surface area contributed by atoms with Crippen LogP contribution in [0, 0.1) is 23.7 Å². The van der Waals surface area contributed by atoms with Gasteiger partial charge in [0.2, 0.25) is 11.8 Å². The Morgan fingerprint density at radius 3 is 2.23 bits per heavy atom. The van der Waals surface area contributed by atoms with E-state index in [1.165, 1.54) is 63.8 Å². The van der Waals surface area contributed by atoms with Gasteiger partial charge in [0.05, 0.1) is 60.9 Å². The number of rotatable bonds is 9. The molecule has 2 aliphatic carbocycles. The molecule has 57 heavy (non-hydrogen) atoms. The fourth-order valence-corrected chi connectivity index (χ4v) is 9.85. The molecule has 1 saturated carbocycles. The molecule has 4 aliphatic rings. The number of halogens is 2. The van der Waals surface area contributed by atoms with E-state index in [0.717, 1.165) is 9.91 Å². The fourth-order valence-electron chi connectivity index (χ4n) is 9.40. The lowest BCUT2D eigenvalue weighted by Gasteiger charge is -2.50. The number of imide groups is 2. The Kier molecular flexibility index (Phi) is 9.72. The number of hydrogen-bond acceptors (Lipinski definition) is 11. The normalized spacial score (nSPS) is 25.1. The van der Waals surface area contributed by atoms with E-state index in [-0.39, 0.29) is 57.5 Å². The number of ether oxygens (including phenoxy) is 3. The van der Waals surface area contributed by atoms with Gasteiger partial charge in [-0.05, 0) is 72.3 Å². The minimum atomic E-state index is -1.84. The molecule has 292 valence electrons. The van der Waals surface area contributed by atoms with Gasteiger partial charge in [0.25, 0.3) is 11.8 Å². The van der Waals surface area contributed by atoms with E-state index in [2.05, 4.69) is 5.43 Å². The third kappa shape index (κ3) is 5.84. The summed E-state index contributed by atoms with van der Waals surface area (Å²) in [5, 5.41) is 33.1. The van der Waals surface area contributed by atoms with Crippen molar-refractivity contribution in [2.75, 3.05) is 31.7 Å². The topological polar surface area (TPSA) is 175 Å². The minimum absolute atomic E-state index is 0.0336. The zero-order valence-electron chi connectivity index (χ0n) is 30.8. The number of carbonyl (C=O) groups excluding carboxylic acids is 4. The molecule has 6 atom stereocenters. The highest BCUT2D eigenvalue weighted by Crippen LogP contribution is 2.66. The van der Waals surface area contributed by atoms with Crippen LogP contribution in [0.4, 0.5) is 11.4 Å². The molecule has 2 heterocycles. The number of benzene rings is 4. The van der Waals surface area contributed by atoms with Crippen molar-refractivity contribution in [3.05, 3.63) is 112 Å². The summed E-state index contributed by atoms with van der Waals surface area (Å²) in [6.45, 7) is 0. The number of hydrogen-bond donors (Lipinski definition) is 4. The van der Waals surface area contributed by atoms with Gasteiger partial charge in [-0.25, -0.2) is 0 Å². The van der Waals surface area contributed by atoms with Crippen molar-refractivity contribution in [1.29, 1.82) is 0 Å². The third-order valence-corrected chi connectivity index (χ3v) is 12.4. The van der Waals surface area contributed by atoms with Crippen LogP contribution in [-0.4, -0.2) is 72.2 Å². The van der Waals surface area contributed by atoms with Gasteiger partial charge in [-0.1, -0.05) is 59.1 Å². The van der Waals surface area contributed by atoms with Gasteiger partial charge < -0.3 is 29.4 Å². The first-order valence-electron chi connectivity index (χ1n) is 18.1. The van der Waals surface area contributed by atoms with Gasteiger partial charge >= 0.3 is 7.12 Å². The summed E-state index contributed by atoms with van der Waals surface area (Å²) in [4.78, 5) is 60.5. The molecule has 13 nitrogen and oxygen atoms in total.